The third-order valence-corrected chi connectivity index (χ3v) is 6.82. The van der Waals surface area contributed by atoms with Gasteiger partial charge in [-0.15, -0.1) is 0 Å². The molecule has 1 aliphatic carbocycles. The molecule has 3 saturated heterocycles. The SMILES string of the molecule is O=C(C1[C@H]2COC[C@@H]12)N1CCCC2(COCCN(c3cccc(F)c3)C2)C1. The van der Waals surface area contributed by atoms with E-state index in [9.17, 15) is 9.18 Å². The number of nitrogens with zero attached hydrogens (tertiary/aromatic N) is 2. The molecule has 6 heteroatoms. The fourth-order valence-corrected chi connectivity index (χ4v) is 5.35. The van der Waals surface area contributed by atoms with Crippen molar-refractivity contribution >= 4 is 11.6 Å². The van der Waals surface area contributed by atoms with E-state index in [0.29, 0.717) is 31.0 Å². The Hall–Kier alpha value is -1.66. The van der Waals surface area contributed by atoms with Crippen molar-refractivity contribution in [3.8, 4) is 0 Å². The summed E-state index contributed by atoms with van der Waals surface area (Å²) in [6.07, 6.45) is 2.05. The van der Waals surface area contributed by atoms with Gasteiger partial charge >= 0.3 is 0 Å². The van der Waals surface area contributed by atoms with E-state index in [2.05, 4.69) is 9.80 Å². The van der Waals surface area contributed by atoms with E-state index in [0.717, 1.165) is 57.9 Å². The molecule has 5 rings (SSSR count). The first-order chi connectivity index (χ1) is 13.2. The predicted molar refractivity (Wildman–Crippen MR) is 99.0 cm³/mol. The largest absolute Gasteiger partial charge is 0.381 e. The summed E-state index contributed by atoms with van der Waals surface area (Å²) in [6, 6.07) is 6.79. The van der Waals surface area contributed by atoms with Crippen LogP contribution in [0.4, 0.5) is 10.1 Å². The number of carbonyl (C=O) groups excluding carboxylic acids is 1. The maximum absolute atomic E-state index is 13.7. The average Bonchev–Trinajstić information content (AvgIpc) is 3.23. The highest BCUT2D eigenvalue weighted by Crippen LogP contribution is 2.52. The monoisotopic (exact) mass is 374 g/mol. The number of anilines is 1. The molecule has 4 aliphatic rings. The first-order valence-corrected chi connectivity index (χ1v) is 10.1. The molecule has 3 aliphatic heterocycles. The molecule has 0 aromatic heterocycles. The van der Waals surface area contributed by atoms with Gasteiger partial charge in [0.05, 0.1) is 26.4 Å². The van der Waals surface area contributed by atoms with Crippen molar-refractivity contribution in [3.63, 3.8) is 0 Å². The fourth-order valence-electron chi connectivity index (χ4n) is 5.35. The molecular formula is C21H27FN2O3. The molecule has 4 atom stereocenters. The van der Waals surface area contributed by atoms with Gasteiger partial charge in [0.15, 0.2) is 0 Å². The van der Waals surface area contributed by atoms with Gasteiger partial charge in [-0.25, -0.2) is 4.39 Å². The van der Waals surface area contributed by atoms with E-state index >= 15 is 0 Å². The summed E-state index contributed by atoms with van der Waals surface area (Å²) in [5.74, 6) is 1.18. The predicted octanol–water partition coefficient (Wildman–Crippen LogP) is 2.16. The molecule has 0 N–H and O–H groups in total. The standard InChI is InChI=1S/C21H27FN2O3/c22-15-3-1-4-16(9-15)23-7-8-26-14-21(12-23)5-2-6-24(13-21)20(25)19-17-10-27-11-18(17)19/h1,3-4,9,17-19H,2,5-8,10-14H2/t17-,18+,19?,21?. The summed E-state index contributed by atoms with van der Waals surface area (Å²) in [4.78, 5) is 17.3. The highest BCUT2D eigenvalue weighted by molar-refractivity contribution is 5.82. The molecule has 146 valence electrons. The summed E-state index contributed by atoms with van der Waals surface area (Å²) in [7, 11) is 0. The molecule has 27 heavy (non-hydrogen) atoms. The van der Waals surface area contributed by atoms with Crippen LogP contribution in [0.2, 0.25) is 0 Å². The molecule has 0 bridgehead atoms. The number of likely N-dealkylation sites (tertiary alicyclic amines) is 1. The van der Waals surface area contributed by atoms with E-state index in [1.807, 2.05) is 6.07 Å². The summed E-state index contributed by atoms with van der Waals surface area (Å²) in [5, 5.41) is 0. The lowest BCUT2D eigenvalue weighted by Gasteiger charge is -2.44. The van der Waals surface area contributed by atoms with Gasteiger partial charge in [0.1, 0.15) is 5.82 Å². The zero-order valence-electron chi connectivity index (χ0n) is 15.6. The van der Waals surface area contributed by atoms with E-state index in [1.165, 1.54) is 6.07 Å². The van der Waals surface area contributed by atoms with Gasteiger partial charge < -0.3 is 19.3 Å². The van der Waals surface area contributed by atoms with Crippen molar-refractivity contribution in [2.24, 2.45) is 23.2 Å². The molecule has 1 amide bonds. The molecule has 3 heterocycles. The first-order valence-electron chi connectivity index (χ1n) is 10.1. The lowest BCUT2D eigenvalue weighted by Crippen LogP contribution is -2.52. The van der Waals surface area contributed by atoms with Gasteiger partial charge in [-0.1, -0.05) is 6.07 Å². The lowest BCUT2D eigenvalue weighted by atomic mass is 9.79. The Labute approximate surface area is 159 Å². The normalized spacial score (nSPS) is 35.8. The Balaban J connectivity index is 1.32. The number of hydrogen-bond donors (Lipinski definition) is 0. The van der Waals surface area contributed by atoms with Crippen molar-refractivity contribution in [3.05, 3.63) is 30.1 Å². The van der Waals surface area contributed by atoms with Crippen LogP contribution in [-0.2, 0) is 14.3 Å². The molecule has 1 aromatic carbocycles. The van der Waals surface area contributed by atoms with E-state index < -0.39 is 0 Å². The Morgan fingerprint density at radius 2 is 2.00 bits per heavy atom. The fraction of sp³-hybridized carbons (Fsp3) is 0.667. The molecule has 1 aromatic rings. The van der Waals surface area contributed by atoms with Crippen molar-refractivity contribution in [1.82, 2.24) is 4.90 Å². The summed E-state index contributed by atoms with van der Waals surface area (Å²) < 4.78 is 25.1. The van der Waals surface area contributed by atoms with Crippen LogP contribution in [-0.4, -0.2) is 63.4 Å². The van der Waals surface area contributed by atoms with Gasteiger partial charge in [-0.2, -0.15) is 0 Å². The molecule has 1 saturated carbocycles. The maximum Gasteiger partial charge on any atom is 0.226 e. The highest BCUT2D eigenvalue weighted by Gasteiger charge is 2.59. The minimum absolute atomic E-state index is 0.0722. The second kappa shape index (κ2) is 6.74. The van der Waals surface area contributed by atoms with Crippen molar-refractivity contribution in [1.29, 1.82) is 0 Å². The minimum atomic E-state index is -0.213. The zero-order valence-corrected chi connectivity index (χ0v) is 15.6. The van der Waals surface area contributed by atoms with E-state index in [-0.39, 0.29) is 17.2 Å². The Kier molecular flexibility index (Phi) is 4.36. The van der Waals surface area contributed by atoms with Crippen molar-refractivity contribution in [2.75, 3.05) is 57.5 Å². The molecular weight excluding hydrogens is 347 g/mol. The Morgan fingerprint density at radius 1 is 1.15 bits per heavy atom. The van der Waals surface area contributed by atoms with Crippen LogP contribution in [0.15, 0.2) is 24.3 Å². The van der Waals surface area contributed by atoms with Crippen LogP contribution in [0.25, 0.3) is 0 Å². The number of rotatable bonds is 2. The van der Waals surface area contributed by atoms with Crippen LogP contribution in [0, 0.1) is 29.0 Å². The Morgan fingerprint density at radius 3 is 2.81 bits per heavy atom. The average molecular weight is 374 g/mol. The number of hydrogen-bond acceptors (Lipinski definition) is 4. The van der Waals surface area contributed by atoms with E-state index in [4.69, 9.17) is 9.47 Å². The number of ether oxygens (including phenoxy) is 2. The second-order valence-electron chi connectivity index (χ2n) is 8.71. The number of amides is 1. The zero-order chi connectivity index (χ0) is 18.4. The summed E-state index contributed by atoms with van der Waals surface area (Å²) >= 11 is 0. The molecule has 0 radical (unpaired) electrons. The number of fused-ring (bicyclic) bond motifs is 1. The van der Waals surface area contributed by atoms with Crippen LogP contribution in [0.1, 0.15) is 12.8 Å². The number of piperidine rings is 1. The number of benzene rings is 1. The highest BCUT2D eigenvalue weighted by atomic mass is 19.1. The van der Waals surface area contributed by atoms with Gasteiger partial charge in [0.2, 0.25) is 5.91 Å². The smallest absolute Gasteiger partial charge is 0.226 e. The van der Waals surface area contributed by atoms with Crippen LogP contribution in [0.5, 0.6) is 0 Å². The lowest BCUT2D eigenvalue weighted by molar-refractivity contribution is -0.138. The van der Waals surface area contributed by atoms with Gasteiger partial charge in [0.25, 0.3) is 0 Å². The minimum Gasteiger partial charge on any atom is -0.381 e. The topological polar surface area (TPSA) is 42.0 Å². The van der Waals surface area contributed by atoms with Crippen molar-refractivity contribution < 1.29 is 18.7 Å². The number of carbonyl (C=O) groups is 1. The van der Waals surface area contributed by atoms with Gasteiger partial charge in [-0.05, 0) is 42.9 Å². The van der Waals surface area contributed by atoms with Crippen LogP contribution < -0.4 is 4.90 Å². The Bertz CT molecular complexity index is 719. The van der Waals surface area contributed by atoms with E-state index in [1.54, 1.807) is 12.1 Å². The van der Waals surface area contributed by atoms with Crippen molar-refractivity contribution in [2.45, 2.75) is 12.8 Å². The summed E-state index contributed by atoms with van der Waals surface area (Å²) in [6.45, 7) is 5.95. The third kappa shape index (κ3) is 3.23. The number of halogens is 1. The molecule has 2 unspecified atom stereocenters. The molecule has 1 spiro atoms. The van der Waals surface area contributed by atoms with Gasteiger partial charge in [-0.3, -0.25) is 4.79 Å². The second-order valence-corrected chi connectivity index (χ2v) is 8.71. The quantitative estimate of drug-likeness (QED) is 0.796. The van der Waals surface area contributed by atoms with Gasteiger partial charge in [0, 0.05) is 43.2 Å². The first kappa shape index (κ1) is 17.4. The van der Waals surface area contributed by atoms with Crippen LogP contribution in [0.3, 0.4) is 0 Å². The maximum atomic E-state index is 13.7. The molecule has 5 nitrogen and oxygen atoms in total. The summed E-state index contributed by atoms with van der Waals surface area (Å²) in [5.41, 5.74) is 0.828. The van der Waals surface area contributed by atoms with Crippen LogP contribution >= 0.6 is 0 Å². The molecule has 4 fully saturated rings. The third-order valence-electron chi connectivity index (χ3n) is 6.82.